The van der Waals surface area contributed by atoms with E-state index < -0.39 is 11.7 Å². The maximum Gasteiger partial charge on any atom is 0.319 e. The molecule has 3 amide bonds. The molecule has 3 N–H and O–H groups in total. The molecule has 3 heterocycles. The number of halogens is 1. The predicted molar refractivity (Wildman–Crippen MR) is 116 cm³/mol. The van der Waals surface area contributed by atoms with Crippen molar-refractivity contribution in [3.8, 4) is 11.3 Å². The van der Waals surface area contributed by atoms with Crippen LogP contribution >= 0.6 is 0 Å². The topological polar surface area (TPSA) is 108 Å². The van der Waals surface area contributed by atoms with E-state index in [2.05, 4.69) is 15.0 Å². The van der Waals surface area contributed by atoms with Crippen LogP contribution in [-0.2, 0) is 0 Å². The number of rotatable bonds is 3. The van der Waals surface area contributed by atoms with Gasteiger partial charge in [0.05, 0.1) is 5.69 Å². The average molecular weight is 422 g/mol. The zero-order chi connectivity index (χ0) is 22.3. The van der Waals surface area contributed by atoms with Crippen molar-refractivity contribution in [2.24, 2.45) is 5.73 Å². The Balaban J connectivity index is 1.75. The largest absolute Gasteiger partial charge is 0.366 e. The van der Waals surface area contributed by atoms with Crippen molar-refractivity contribution >= 4 is 28.5 Å². The molecule has 2 aromatic heterocycles. The molecule has 0 bridgehead atoms. The highest BCUT2D eigenvalue weighted by Gasteiger charge is 2.21. The highest BCUT2D eigenvalue weighted by Crippen LogP contribution is 2.33. The van der Waals surface area contributed by atoms with Crippen LogP contribution in [0.15, 0.2) is 30.6 Å². The predicted octanol–water partition coefficient (Wildman–Crippen LogP) is 2.94. The quantitative estimate of drug-likeness (QED) is 0.676. The average Bonchev–Trinajstić information content (AvgIpc) is 3.19. The summed E-state index contributed by atoms with van der Waals surface area (Å²) in [7, 11) is 3.47. The number of nitrogens with one attached hydrogen (secondary N) is 1. The lowest BCUT2D eigenvalue weighted by molar-refractivity contribution is 0.0999. The zero-order valence-electron chi connectivity index (χ0n) is 17.6. The number of fused-ring (bicyclic) bond motifs is 1. The van der Waals surface area contributed by atoms with Gasteiger partial charge in [-0.3, -0.25) is 4.79 Å². The van der Waals surface area contributed by atoms with Gasteiger partial charge < -0.3 is 20.5 Å². The molecule has 0 unspecified atom stereocenters. The van der Waals surface area contributed by atoms with Gasteiger partial charge in [-0.1, -0.05) is 6.08 Å². The number of H-pyrrole nitrogens is 1. The fourth-order valence-electron chi connectivity index (χ4n) is 3.88. The molecule has 3 aromatic rings. The van der Waals surface area contributed by atoms with Crippen LogP contribution in [0.25, 0.3) is 27.9 Å². The van der Waals surface area contributed by atoms with E-state index in [1.807, 2.05) is 12.1 Å². The summed E-state index contributed by atoms with van der Waals surface area (Å²) in [6.07, 6.45) is 4.11. The van der Waals surface area contributed by atoms with Crippen molar-refractivity contribution in [1.82, 2.24) is 24.8 Å². The van der Waals surface area contributed by atoms with Gasteiger partial charge in [0.2, 0.25) is 5.91 Å². The third kappa shape index (κ3) is 3.74. The van der Waals surface area contributed by atoms with Crippen LogP contribution in [0.4, 0.5) is 9.18 Å². The van der Waals surface area contributed by atoms with Gasteiger partial charge in [0, 0.05) is 49.4 Å². The first-order valence-electron chi connectivity index (χ1n) is 9.86. The van der Waals surface area contributed by atoms with Gasteiger partial charge in [-0.15, -0.1) is 0 Å². The summed E-state index contributed by atoms with van der Waals surface area (Å²) in [6.45, 7) is 2.85. The zero-order valence-corrected chi connectivity index (χ0v) is 17.6. The molecule has 0 spiro atoms. The van der Waals surface area contributed by atoms with Gasteiger partial charge >= 0.3 is 6.03 Å². The van der Waals surface area contributed by atoms with Crippen molar-refractivity contribution in [2.45, 2.75) is 13.3 Å². The number of carbonyl (C=O) groups is 2. The second-order valence-electron chi connectivity index (χ2n) is 7.76. The minimum absolute atomic E-state index is 0.0214. The van der Waals surface area contributed by atoms with Crippen molar-refractivity contribution in [3.05, 3.63) is 53.2 Å². The van der Waals surface area contributed by atoms with Gasteiger partial charge in [0.25, 0.3) is 0 Å². The lowest BCUT2D eigenvalue weighted by atomic mass is 9.97. The van der Waals surface area contributed by atoms with Crippen LogP contribution in [-0.4, -0.2) is 63.9 Å². The number of urea groups is 1. The van der Waals surface area contributed by atoms with Crippen LogP contribution in [0.2, 0.25) is 0 Å². The molecule has 0 saturated carbocycles. The Bertz CT molecular complexity index is 1230. The number of nitrogens with two attached hydrogens (primary N) is 1. The van der Waals surface area contributed by atoms with Crippen molar-refractivity contribution in [1.29, 1.82) is 0 Å². The SMILES string of the molecule is Cc1c(C(N)=O)cc(F)cc1-c1ncnc2[nH]c(C3=CCN(C(=O)N(C)C)CC3)cc12. The first-order chi connectivity index (χ1) is 14.8. The van der Waals surface area contributed by atoms with E-state index in [9.17, 15) is 14.0 Å². The molecular weight excluding hydrogens is 399 g/mol. The molecule has 0 aliphatic carbocycles. The van der Waals surface area contributed by atoms with Crippen LogP contribution in [0.5, 0.6) is 0 Å². The number of amides is 3. The number of benzene rings is 1. The highest BCUT2D eigenvalue weighted by atomic mass is 19.1. The summed E-state index contributed by atoms with van der Waals surface area (Å²) in [5.41, 5.74) is 9.66. The fourth-order valence-corrected chi connectivity index (χ4v) is 3.88. The summed E-state index contributed by atoms with van der Waals surface area (Å²) in [5, 5.41) is 0.717. The first-order valence-corrected chi connectivity index (χ1v) is 9.86. The molecule has 31 heavy (non-hydrogen) atoms. The Hall–Kier alpha value is -3.75. The minimum Gasteiger partial charge on any atom is -0.366 e. The fraction of sp³-hybridized carbons (Fsp3) is 0.273. The number of primary amides is 1. The standard InChI is InChI=1S/C22H23FN6O2/c1-12-15(8-14(23)9-16(12)20(24)30)19-17-10-18(27-21(17)26-11-25-19)13-4-6-29(7-5-13)22(31)28(2)3/h4,8-11H,5-7H2,1-3H3,(H2,24,30)(H,25,26,27). The van der Waals surface area contributed by atoms with Crippen molar-refractivity contribution in [2.75, 3.05) is 27.2 Å². The molecule has 0 atom stereocenters. The lowest BCUT2D eigenvalue weighted by Crippen LogP contribution is -2.41. The minimum atomic E-state index is -0.692. The molecule has 1 aromatic carbocycles. The summed E-state index contributed by atoms with van der Waals surface area (Å²) < 4.78 is 14.2. The molecular formula is C22H23FN6O2. The molecule has 160 valence electrons. The van der Waals surface area contributed by atoms with Crippen LogP contribution in [0, 0.1) is 12.7 Å². The maximum atomic E-state index is 14.2. The van der Waals surface area contributed by atoms with E-state index in [-0.39, 0.29) is 11.6 Å². The molecule has 4 rings (SSSR count). The Morgan fingerprint density at radius 1 is 1.23 bits per heavy atom. The number of hydrogen-bond donors (Lipinski definition) is 2. The summed E-state index contributed by atoms with van der Waals surface area (Å²) in [4.78, 5) is 39.2. The van der Waals surface area contributed by atoms with E-state index in [0.717, 1.165) is 17.3 Å². The lowest BCUT2D eigenvalue weighted by Gasteiger charge is -2.28. The van der Waals surface area contributed by atoms with E-state index in [4.69, 9.17) is 5.73 Å². The number of aromatic amines is 1. The summed E-state index contributed by atoms with van der Waals surface area (Å²) >= 11 is 0. The molecule has 0 fully saturated rings. The van der Waals surface area contributed by atoms with E-state index in [1.165, 1.54) is 12.4 Å². The Morgan fingerprint density at radius 3 is 2.65 bits per heavy atom. The Kier molecular flexibility index (Phi) is 5.18. The Labute approximate surface area is 178 Å². The van der Waals surface area contributed by atoms with Crippen molar-refractivity contribution < 1.29 is 14.0 Å². The van der Waals surface area contributed by atoms with Crippen LogP contribution in [0.3, 0.4) is 0 Å². The van der Waals surface area contributed by atoms with Gasteiger partial charge in [0.15, 0.2) is 0 Å². The third-order valence-electron chi connectivity index (χ3n) is 5.53. The van der Waals surface area contributed by atoms with E-state index in [1.54, 1.807) is 30.8 Å². The highest BCUT2D eigenvalue weighted by molar-refractivity contribution is 5.99. The smallest absolute Gasteiger partial charge is 0.319 e. The molecule has 0 saturated heterocycles. The molecule has 1 aliphatic heterocycles. The van der Waals surface area contributed by atoms with Crippen LogP contribution < -0.4 is 5.73 Å². The number of nitrogens with zero attached hydrogens (tertiary/aromatic N) is 4. The maximum absolute atomic E-state index is 14.2. The van der Waals surface area contributed by atoms with E-state index >= 15 is 0 Å². The third-order valence-corrected chi connectivity index (χ3v) is 5.53. The molecule has 9 heteroatoms. The normalized spacial score (nSPS) is 13.9. The van der Waals surface area contributed by atoms with E-state index in [0.29, 0.717) is 47.4 Å². The van der Waals surface area contributed by atoms with Crippen LogP contribution in [0.1, 0.15) is 28.0 Å². The monoisotopic (exact) mass is 422 g/mol. The molecule has 8 nitrogen and oxygen atoms in total. The first kappa shape index (κ1) is 20.5. The summed E-state index contributed by atoms with van der Waals surface area (Å²) in [5.74, 6) is -1.25. The molecule has 1 aliphatic rings. The number of carbonyl (C=O) groups excluding carboxylic acids is 2. The molecule has 0 radical (unpaired) electrons. The number of aromatic nitrogens is 3. The van der Waals surface area contributed by atoms with Gasteiger partial charge in [-0.25, -0.2) is 19.2 Å². The second kappa shape index (κ2) is 7.82. The van der Waals surface area contributed by atoms with Gasteiger partial charge in [-0.05, 0) is 42.7 Å². The summed E-state index contributed by atoms with van der Waals surface area (Å²) in [6, 6.07) is 4.39. The Morgan fingerprint density at radius 2 is 2.00 bits per heavy atom. The van der Waals surface area contributed by atoms with Gasteiger partial charge in [0.1, 0.15) is 17.8 Å². The number of hydrogen-bond acceptors (Lipinski definition) is 4. The van der Waals surface area contributed by atoms with Crippen molar-refractivity contribution in [3.63, 3.8) is 0 Å². The second-order valence-corrected chi connectivity index (χ2v) is 7.76. The van der Waals surface area contributed by atoms with Gasteiger partial charge in [-0.2, -0.15) is 0 Å².